The molecular weight excluding hydrogens is 432 g/mol. The van der Waals surface area contributed by atoms with Gasteiger partial charge in [0.2, 0.25) is 5.91 Å². The van der Waals surface area contributed by atoms with E-state index in [0.29, 0.717) is 21.6 Å². The molecule has 1 aromatic carbocycles. The van der Waals surface area contributed by atoms with Crippen molar-refractivity contribution in [1.29, 1.82) is 0 Å². The fraction of sp³-hybridized carbons (Fsp3) is 0.364. The molecule has 3 aromatic rings. The summed E-state index contributed by atoms with van der Waals surface area (Å²) in [6, 6.07) is 6.90. The van der Waals surface area contributed by atoms with Crippen molar-refractivity contribution in [3.63, 3.8) is 0 Å². The molecule has 0 radical (unpaired) electrons. The zero-order chi connectivity index (χ0) is 21.8. The van der Waals surface area contributed by atoms with Crippen LogP contribution in [0, 0.1) is 12.8 Å². The Hall–Kier alpha value is -2.78. The lowest BCUT2D eigenvalue weighted by molar-refractivity contribution is -0.120. The van der Waals surface area contributed by atoms with Crippen molar-refractivity contribution >= 4 is 44.8 Å². The number of amides is 2. The van der Waals surface area contributed by atoms with Crippen LogP contribution in [0.15, 0.2) is 29.6 Å². The summed E-state index contributed by atoms with van der Waals surface area (Å²) in [7, 11) is 1.58. The molecule has 0 aliphatic heterocycles. The lowest BCUT2D eigenvalue weighted by Crippen LogP contribution is -2.24. The maximum Gasteiger partial charge on any atom is 0.257 e. The monoisotopic (exact) mass is 456 g/mol. The number of ether oxygens (including phenoxy) is 1. The molecule has 1 aliphatic rings. The third-order valence-corrected chi connectivity index (χ3v) is 7.17. The van der Waals surface area contributed by atoms with Crippen LogP contribution in [0.2, 0.25) is 0 Å². The summed E-state index contributed by atoms with van der Waals surface area (Å²) in [5.41, 5.74) is 2.06. The topological polar surface area (TPSA) is 93.2 Å². The Kier molecular flexibility index (Phi) is 6.62. The highest BCUT2D eigenvalue weighted by Gasteiger charge is 2.22. The van der Waals surface area contributed by atoms with Gasteiger partial charge in [0.1, 0.15) is 5.75 Å². The quantitative estimate of drug-likeness (QED) is 0.521. The van der Waals surface area contributed by atoms with Gasteiger partial charge in [-0.1, -0.05) is 30.6 Å². The first kappa shape index (κ1) is 21.5. The van der Waals surface area contributed by atoms with Crippen LogP contribution in [0.25, 0.3) is 10.6 Å². The molecule has 4 rings (SSSR count). The van der Waals surface area contributed by atoms with Crippen LogP contribution in [0.4, 0.5) is 10.3 Å². The highest BCUT2D eigenvalue weighted by molar-refractivity contribution is 7.20. The number of anilines is 2. The van der Waals surface area contributed by atoms with Gasteiger partial charge in [-0.05, 0) is 44.0 Å². The van der Waals surface area contributed by atoms with Crippen LogP contribution in [0.1, 0.15) is 48.2 Å². The first-order valence-electron chi connectivity index (χ1n) is 10.2. The minimum absolute atomic E-state index is 0.0640. The minimum atomic E-state index is -0.235. The molecule has 2 heterocycles. The van der Waals surface area contributed by atoms with Gasteiger partial charge in [0.25, 0.3) is 5.91 Å². The summed E-state index contributed by atoms with van der Waals surface area (Å²) < 4.78 is 5.12. The van der Waals surface area contributed by atoms with Gasteiger partial charge in [0.15, 0.2) is 10.3 Å². The molecule has 2 aromatic heterocycles. The van der Waals surface area contributed by atoms with Gasteiger partial charge in [-0.25, -0.2) is 9.97 Å². The highest BCUT2D eigenvalue weighted by Crippen LogP contribution is 2.35. The van der Waals surface area contributed by atoms with E-state index in [-0.39, 0.29) is 17.7 Å². The molecule has 9 heteroatoms. The van der Waals surface area contributed by atoms with Crippen LogP contribution in [0.5, 0.6) is 5.75 Å². The van der Waals surface area contributed by atoms with E-state index in [4.69, 9.17) is 4.74 Å². The van der Waals surface area contributed by atoms with Crippen molar-refractivity contribution in [2.45, 2.75) is 39.0 Å². The number of rotatable bonds is 6. The molecule has 7 nitrogen and oxygen atoms in total. The van der Waals surface area contributed by atoms with Crippen molar-refractivity contribution in [2.24, 2.45) is 5.92 Å². The number of aryl methyl sites for hydroxylation is 1. The second kappa shape index (κ2) is 9.57. The largest absolute Gasteiger partial charge is 0.497 e. The molecule has 0 bridgehead atoms. The molecule has 162 valence electrons. The Labute approximate surface area is 188 Å². The van der Waals surface area contributed by atoms with Crippen molar-refractivity contribution in [3.8, 4) is 16.3 Å². The van der Waals surface area contributed by atoms with E-state index in [0.717, 1.165) is 41.9 Å². The van der Waals surface area contributed by atoms with Gasteiger partial charge in [-0.3, -0.25) is 14.9 Å². The first-order chi connectivity index (χ1) is 15.0. The lowest BCUT2D eigenvalue weighted by atomic mass is 9.89. The Morgan fingerprint density at radius 2 is 1.77 bits per heavy atom. The molecule has 0 saturated heterocycles. The zero-order valence-corrected chi connectivity index (χ0v) is 19.1. The number of benzene rings is 1. The van der Waals surface area contributed by atoms with Gasteiger partial charge in [0, 0.05) is 16.9 Å². The number of hydrogen-bond donors (Lipinski definition) is 2. The second-order valence-corrected chi connectivity index (χ2v) is 9.34. The van der Waals surface area contributed by atoms with Crippen molar-refractivity contribution in [2.75, 3.05) is 17.7 Å². The molecule has 1 aliphatic carbocycles. The van der Waals surface area contributed by atoms with E-state index in [1.165, 1.54) is 29.1 Å². The summed E-state index contributed by atoms with van der Waals surface area (Å²) in [5, 5.41) is 8.82. The maximum absolute atomic E-state index is 12.5. The first-order valence-corrected chi connectivity index (χ1v) is 11.9. The number of nitrogens with one attached hydrogen (secondary N) is 2. The molecule has 1 saturated carbocycles. The van der Waals surface area contributed by atoms with Crippen molar-refractivity contribution in [1.82, 2.24) is 9.97 Å². The minimum Gasteiger partial charge on any atom is -0.497 e. The van der Waals surface area contributed by atoms with E-state index in [1.807, 2.05) is 12.3 Å². The van der Waals surface area contributed by atoms with E-state index in [2.05, 4.69) is 20.6 Å². The number of aromatic nitrogens is 2. The maximum atomic E-state index is 12.5. The number of thiazole rings is 2. The highest BCUT2D eigenvalue weighted by atomic mass is 32.1. The van der Waals surface area contributed by atoms with E-state index >= 15 is 0 Å². The standard InChI is InChI=1S/C22H24N4O3S2/c1-13-18(17-12-30-21(24-17)25-19(27)14-6-4-3-5-7-14)31-22(23-13)26-20(28)15-8-10-16(29-2)11-9-15/h8-12,14H,3-7H2,1-2H3,(H,23,26,28)(H,24,25,27). The second-order valence-electron chi connectivity index (χ2n) is 7.48. The lowest BCUT2D eigenvalue weighted by Gasteiger charge is -2.19. The molecular formula is C22H24N4O3S2. The third-order valence-electron chi connectivity index (χ3n) is 5.31. The Morgan fingerprint density at radius 3 is 2.48 bits per heavy atom. The Morgan fingerprint density at radius 1 is 1.03 bits per heavy atom. The Bertz CT molecular complexity index is 1070. The fourth-order valence-electron chi connectivity index (χ4n) is 3.61. The molecule has 2 N–H and O–H groups in total. The number of carbonyl (C=O) groups excluding carboxylic acids is 2. The van der Waals surface area contributed by atoms with Crippen LogP contribution in [-0.4, -0.2) is 28.9 Å². The van der Waals surface area contributed by atoms with Gasteiger partial charge < -0.3 is 10.1 Å². The molecule has 0 unspecified atom stereocenters. The molecule has 0 spiro atoms. The molecule has 31 heavy (non-hydrogen) atoms. The summed E-state index contributed by atoms with van der Waals surface area (Å²) in [6.45, 7) is 1.88. The van der Waals surface area contributed by atoms with Crippen molar-refractivity contribution in [3.05, 3.63) is 40.9 Å². The van der Waals surface area contributed by atoms with Gasteiger partial charge in [0.05, 0.1) is 23.4 Å². The molecule has 0 atom stereocenters. The van der Waals surface area contributed by atoms with E-state index in [9.17, 15) is 9.59 Å². The van der Waals surface area contributed by atoms with E-state index in [1.54, 1.807) is 31.4 Å². The molecule has 2 amide bonds. The van der Waals surface area contributed by atoms with Gasteiger partial charge >= 0.3 is 0 Å². The summed E-state index contributed by atoms with van der Waals surface area (Å²) >= 11 is 2.77. The Balaban J connectivity index is 1.42. The SMILES string of the molecule is COc1ccc(C(=O)Nc2nc(C)c(-c3csc(NC(=O)C4CCCCC4)n3)s2)cc1. The summed E-state index contributed by atoms with van der Waals surface area (Å²) in [5.74, 6) is 0.612. The number of hydrogen-bond acceptors (Lipinski definition) is 7. The third kappa shape index (κ3) is 5.11. The van der Waals surface area contributed by atoms with Crippen LogP contribution in [0.3, 0.4) is 0 Å². The smallest absolute Gasteiger partial charge is 0.257 e. The number of nitrogens with zero attached hydrogens (tertiary/aromatic N) is 2. The average Bonchev–Trinajstić information content (AvgIpc) is 3.40. The van der Waals surface area contributed by atoms with Crippen LogP contribution < -0.4 is 15.4 Å². The van der Waals surface area contributed by atoms with Crippen LogP contribution >= 0.6 is 22.7 Å². The summed E-state index contributed by atoms with van der Waals surface area (Å²) in [6.07, 6.45) is 5.36. The van der Waals surface area contributed by atoms with Crippen molar-refractivity contribution < 1.29 is 14.3 Å². The summed E-state index contributed by atoms with van der Waals surface area (Å²) in [4.78, 5) is 34.9. The zero-order valence-electron chi connectivity index (χ0n) is 17.4. The van der Waals surface area contributed by atoms with Gasteiger partial charge in [-0.15, -0.1) is 11.3 Å². The number of carbonyl (C=O) groups is 2. The van der Waals surface area contributed by atoms with Crippen LogP contribution in [-0.2, 0) is 4.79 Å². The fourth-order valence-corrected chi connectivity index (χ4v) is 5.31. The predicted octanol–water partition coefficient (Wildman–Crippen LogP) is 5.35. The van der Waals surface area contributed by atoms with Gasteiger partial charge in [-0.2, -0.15) is 0 Å². The van der Waals surface area contributed by atoms with E-state index < -0.39 is 0 Å². The number of methoxy groups -OCH3 is 1. The normalized spacial score (nSPS) is 14.3. The molecule has 1 fully saturated rings. The predicted molar refractivity (Wildman–Crippen MR) is 124 cm³/mol. The average molecular weight is 457 g/mol.